The van der Waals surface area contributed by atoms with Gasteiger partial charge >= 0.3 is 5.97 Å². The molecule has 2 N–H and O–H groups in total. The Kier molecular flexibility index (Phi) is 6.56. The minimum absolute atomic E-state index is 0.00912. The Hall–Kier alpha value is -3.14. The zero-order valence-corrected chi connectivity index (χ0v) is 16.8. The van der Waals surface area contributed by atoms with Crippen LogP contribution in [0.4, 0.5) is 15.8 Å². The number of carboxylic acid groups (broad SMARTS) is 1. The summed E-state index contributed by atoms with van der Waals surface area (Å²) in [5, 5.41) is 8.59. The predicted octanol–water partition coefficient (Wildman–Crippen LogP) is 3.00. The number of halogens is 1. The van der Waals surface area contributed by atoms with E-state index < -0.39 is 21.8 Å². The molecule has 2 aromatic rings. The average molecular weight is 436 g/mol. The second kappa shape index (κ2) is 9.12. The SMILES string of the molecule is O=C(O)CCCOc1ccc(S(=O)(=O)Nc2ccccc2N2CCCC2=O)cc1F. The molecule has 10 heteroatoms. The van der Waals surface area contributed by atoms with Gasteiger partial charge in [-0.2, -0.15) is 0 Å². The van der Waals surface area contributed by atoms with E-state index in [4.69, 9.17) is 9.84 Å². The van der Waals surface area contributed by atoms with Gasteiger partial charge in [0, 0.05) is 19.4 Å². The number of rotatable bonds is 9. The number of amides is 1. The molecule has 2 aromatic carbocycles. The van der Waals surface area contributed by atoms with Gasteiger partial charge in [0.05, 0.1) is 22.9 Å². The lowest BCUT2D eigenvalue weighted by Gasteiger charge is -2.20. The molecule has 1 fully saturated rings. The highest BCUT2D eigenvalue weighted by Crippen LogP contribution is 2.31. The molecule has 0 atom stereocenters. The number of carbonyl (C=O) groups is 2. The Morgan fingerprint density at radius 1 is 1.23 bits per heavy atom. The van der Waals surface area contributed by atoms with Crippen molar-refractivity contribution in [3.05, 3.63) is 48.3 Å². The molecule has 160 valence electrons. The fraction of sp³-hybridized carbons (Fsp3) is 0.300. The van der Waals surface area contributed by atoms with Crippen LogP contribution in [0.25, 0.3) is 0 Å². The Bertz CT molecular complexity index is 1060. The first-order valence-corrected chi connectivity index (χ1v) is 10.8. The molecule has 1 saturated heterocycles. The smallest absolute Gasteiger partial charge is 0.303 e. The second-order valence-electron chi connectivity index (χ2n) is 6.71. The number of nitrogens with zero attached hydrogens (tertiary/aromatic N) is 1. The van der Waals surface area contributed by atoms with Crippen LogP contribution in [0, 0.1) is 5.82 Å². The van der Waals surface area contributed by atoms with Crippen LogP contribution in [-0.2, 0) is 19.6 Å². The van der Waals surface area contributed by atoms with Crippen molar-refractivity contribution < 1.29 is 32.2 Å². The van der Waals surface area contributed by atoms with E-state index in [0.29, 0.717) is 25.1 Å². The van der Waals surface area contributed by atoms with Crippen LogP contribution in [0.1, 0.15) is 25.7 Å². The number of benzene rings is 2. The minimum Gasteiger partial charge on any atom is -0.491 e. The van der Waals surface area contributed by atoms with Gasteiger partial charge in [-0.05, 0) is 43.2 Å². The summed E-state index contributed by atoms with van der Waals surface area (Å²) in [5.41, 5.74) is 0.671. The van der Waals surface area contributed by atoms with E-state index in [9.17, 15) is 22.4 Å². The fourth-order valence-electron chi connectivity index (χ4n) is 3.07. The fourth-order valence-corrected chi connectivity index (χ4v) is 4.16. The number of hydrogen-bond acceptors (Lipinski definition) is 5. The summed E-state index contributed by atoms with van der Waals surface area (Å²) in [6, 6.07) is 9.73. The van der Waals surface area contributed by atoms with Gasteiger partial charge in [-0.3, -0.25) is 14.3 Å². The highest BCUT2D eigenvalue weighted by atomic mass is 32.2. The maximum atomic E-state index is 14.3. The van der Waals surface area contributed by atoms with Crippen molar-refractivity contribution in [1.29, 1.82) is 0 Å². The van der Waals surface area contributed by atoms with Crippen molar-refractivity contribution in [2.24, 2.45) is 0 Å². The molecular weight excluding hydrogens is 415 g/mol. The molecule has 0 bridgehead atoms. The first-order chi connectivity index (χ1) is 14.3. The van der Waals surface area contributed by atoms with E-state index in [2.05, 4.69) is 4.72 Å². The molecule has 0 radical (unpaired) electrons. The molecule has 1 heterocycles. The summed E-state index contributed by atoms with van der Waals surface area (Å²) in [7, 11) is -4.12. The predicted molar refractivity (Wildman–Crippen MR) is 108 cm³/mol. The van der Waals surface area contributed by atoms with Crippen molar-refractivity contribution in [1.82, 2.24) is 0 Å². The second-order valence-corrected chi connectivity index (χ2v) is 8.39. The summed E-state index contributed by atoms with van der Waals surface area (Å²) < 4.78 is 47.4. The molecule has 0 aliphatic carbocycles. The maximum absolute atomic E-state index is 14.3. The van der Waals surface area contributed by atoms with E-state index >= 15 is 0 Å². The monoisotopic (exact) mass is 436 g/mol. The molecule has 3 rings (SSSR count). The van der Waals surface area contributed by atoms with E-state index in [1.54, 1.807) is 18.2 Å². The van der Waals surface area contributed by atoms with Crippen LogP contribution in [0.5, 0.6) is 5.75 Å². The Balaban J connectivity index is 1.76. The van der Waals surface area contributed by atoms with E-state index in [0.717, 1.165) is 6.07 Å². The Morgan fingerprint density at radius 3 is 2.67 bits per heavy atom. The molecule has 0 aromatic heterocycles. The summed E-state index contributed by atoms with van der Waals surface area (Å²) in [4.78, 5) is 23.7. The number of sulfonamides is 1. The quantitative estimate of drug-likeness (QED) is 0.585. The van der Waals surface area contributed by atoms with Crippen LogP contribution in [0.2, 0.25) is 0 Å². The highest BCUT2D eigenvalue weighted by Gasteiger charge is 2.26. The normalized spacial score (nSPS) is 14.0. The van der Waals surface area contributed by atoms with E-state index in [1.165, 1.54) is 23.1 Å². The molecule has 0 saturated carbocycles. The summed E-state index contributed by atoms with van der Waals surface area (Å²) in [5.74, 6) is -2.11. The van der Waals surface area contributed by atoms with Crippen molar-refractivity contribution >= 4 is 33.3 Å². The van der Waals surface area contributed by atoms with Crippen molar-refractivity contribution in [3.63, 3.8) is 0 Å². The van der Waals surface area contributed by atoms with Gasteiger partial charge < -0.3 is 14.7 Å². The zero-order valence-electron chi connectivity index (χ0n) is 16.0. The standard InChI is InChI=1S/C20H21FN2O6S/c21-15-13-14(9-10-18(15)29-12-4-8-20(25)26)30(27,28)22-16-5-1-2-6-17(16)23-11-3-7-19(23)24/h1-2,5-6,9-10,13,22H,3-4,7-8,11-12H2,(H,25,26). The van der Waals surface area contributed by atoms with Gasteiger partial charge in [0.15, 0.2) is 11.6 Å². The summed E-state index contributed by atoms with van der Waals surface area (Å²) in [6.07, 6.45) is 1.18. The number of aliphatic carboxylic acids is 1. The van der Waals surface area contributed by atoms with Crippen LogP contribution in [0.3, 0.4) is 0 Å². The lowest BCUT2D eigenvalue weighted by atomic mass is 10.2. The third kappa shape index (κ3) is 5.07. The third-order valence-corrected chi connectivity index (χ3v) is 5.88. The van der Waals surface area contributed by atoms with Gasteiger partial charge in [0.2, 0.25) is 5.91 Å². The van der Waals surface area contributed by atoms with Crippen LogP contribution >= 0.6 is 0 Å². The third-order valence-electron chi connectivity index (χ3n) is 4.52. The topological polar surface area (TPSA) is 113 Å². The number of anilines is 2. The zero-order chi connectivity index (χ0) is 21.7. The molecule has 0 unspecified atom stereocenters. The van der Waals surface area contributed by atoms with E-state index in [-0.39, 0.29) is 41.7 Å². The number of ether oxygens (including phenoxy) is 1. The van der Waals surface area contributed by atoms with Crippen molar-refractivity contribution in [2.75, 3.05) is 22.8 Å². The number of para-hydroxylation sites is 2. The van der Waals surface area contributed by atoms with E-state index in [1.807, 2.05) is 0 Å². The largest absolute Gasteiger partial charge is 0.491 e. The highest BCUT2D eigenvalue weighted by molar-refractivity contribution is 7.92. The van der Waals surface area contributed by atoms with Crippen molar-refractivity contribution in [2.45, 2.75) is 30.6 Å². The van der Waals surface area contributed by atoms with Gasteiger partial charge in [-0.15, -0.1) is 0 Å². The Morgan fingerprint density at radius 2 is 2.00 bits per heavy atom. The van der Waals surface area contributed by atoms with Gasteiger partial charge in [-0.1, -0.05) is 12.1 Å². The maximum Gasteiger partial charge on any atom is 0.303 e. The molecule has 1 aliphatic heterocycles. The van der Waals surface area contributed by atoms with Gasteiger partial charge in [0.1, 0.15) is 0 Å². The average Bonchev–Trinajstić information content (AvgIpc) is 3.12. The van der Waals surface area contributed by atoms with Crippen LogP contribution < -0.4 is 14.4 Å². The molecule has 0 spiro atoms. The molecule has 8 nitrogen and oxygen atoms in total. The number of nitrogens with one attached hydrogen (secondary N) is 1. The van der Waals surface area contributed by atoms with Crippen LogP contribution in [-0.4, -0.2) is 38.6 Å². The number of carboxylic acids is 1. The molecular formula is C20H21FN2O6S. The summed E-state index contributed by atoms with van der Waals surface area (Å²) >= 11 is 0. The summed E-state index contributed by atoms with van der Waals surface area (Å²) in [6.45, 7) is 0.491. The number of carbonyl (C=O) groups excluding carboxylic acids is 1. The first-order valence-electron chi connectivity index (χ1n) is 9.34. The Labute approximate surface area is 173 Å². The molecule has 1 aliphatic rings. The number of hydrogen-bond donors (Lipinski definition) is 2. The molecule has 1 amide bonds. The van der Waals surface area contributed by atoms with Crippen molar-refractivity contribution in [3.8, 4) is 5.75 Å². The van der Waals surface area contributed by atoms with Gasteiger partial charge in [0.25, 0.3) is 10.0 Å². The minimum atomic E-state index is -4.12. The van der Waals surface area contributed by atoms with Gasteiger partial charge in [-0.25, -0.2) is 12.8 Å². The lowest BCUT2D eigenvalue weighted by Crippen LogP contribution is -2.25. The first kappa shape index (κ1) is 21.6. The lowest BCUT2D eigenvalue weighted by molar-refractivity contribution is -0.137. The molecule has 30 heavy (non-hydrogen) atoms. The van der Waals surface area contributed by atoms with Crippen LogP contribution in [0.15, 0.2) is 47.4 Å².